The zero-order chi connectivity index (χ0) is 14.8. The molecule has 1 N–H and O–H groups in total. The Kier molecular flexibility index (Phi) is 4.13. The normalized spacial score (nSPS) is 12.9. The highest BCUT2D eigenvalue weighted by Crippen LogP contribution is 2.26. The molecule has 0 aliphatic rings. The monoisotopic (exact) mass is 279 g/mol. The quantitative estimate of drug-likeness (QED) is 0.861. The van der Waals surface area contributed by atoms with Crippen molar-refractivity contribution in [2.75, 3.05) is 7.05 Å². The van der Waals surface area contributed by atoms with Crippen LogP contribution in [0.1, 0.15) is 11.6 Å². The van der Waals surface area contributed by atoms with Gasteiger partial charge in [0, 0.05) is 7.05 Å². The number of amides is 1. The summed E-state index contributed by atoms with van der Waals surface area (Å²) in [6, 6.07) is 2.13. The van der Waals surface area contributed by atoms with Gasteiger partial charge < -0.3 is 10.0 Å². The predicted molar refractivity (Wildman–Crippen MR) is 55.6 cm³/mol. The molecule has 0 heterocycles. The average Bonchev–Trinajstić information content (AvgIpc) is 2.26. The molecule has 1 unspecified atom stereocenters. The molecule has 0 saturated carbocycles. The molecule has 0 saturated heterocycles. The summed E-state index contributed by atoms with van der Waals surface area (Å²) >= 11 is 0. The third-order valence-corrected chi connectivity index (χ3v) is 2.35. The number of nitrogens with zero attached hydrogens (tertiary/aromatic N) is 1. The van der Waals surface area contributed by atoms with Gasteiger partial charge in [-0.2, -0.15) is 13.2 Å². The van der Waals surface area contributed by atoms with Crippen LogP contribution in [0.3, 0.4) is 0 Å². The number of carboxylic acids is 1. The van der Waals surface area contributed by atoms with Crippen molar-refractivity contribution in [3.8, 4) is 0 Å². The molecule has 1 rings (SSSR count). The van der Waals surface area contributed by atoms with Crippen molar-refractivity contribution < 1.29 is 32.3 Å². The topological polar surface area (TPSA) is 57.6 Å². The first-order valence-corrected chi connectivity index (χ1v) is 4.97. The fourth-order valence-electron chi connectivity index (χ4n) is 1.53. The minimum absolute atomic E-state index is 0.0110. The highest BCUT2D eigenvalue weighted by Gasteiger charge is 2.45. The zero-order valence-electron chi connectivity index (χ0n) is 9.61. The lowest BCUT2D eigenvalue weighted by Gasteiger charge is -2.25. The van der Waals surface area contributed by atoms with Crippen LogP contribution in [0, 0.1) is 5.82 Å². The van der Waals surface area contributed by atoms with Gasteiger partial charge in [-0.1, -0.05) is 12.1 Å². The summed E-state index contributed by atoms with van der Waals surface area (Å²) in [4.78, 5) is 22.0. The number of likely N-dealkylation sites (N-methyl/N-ethyl adjacent to an activating group) is 1. The second-order valence-corrected chi connectivity index (χ2v) is 3.71. The number of hydrogen-bond acceptors (Lipinski definition) is 2. The average molecular weight is 279 g/mol. The number of benzene rings is 1. The number of carboxylic acid groups (broad SMARTS) is 1. The van der Waals surface area contributed by atoms with E-state index in [9.17, 15) is 27.2 Å². The third kappa shape index (κ3) is 3.43. The van der Waals surface area contributed by atoms with Gasteiger partial charge in [0.2, 0.25) is 0 Å². The van der Waals surface area contributed by atoms with Crippen molar-refractivity contribution >= 4 is 11.9 Å². The summed E-state index contributed by atoms with van der Waals surface area (Å²) in [5.74, 6) is -4.81. The zero-order valence-corrected chi connectivity index (χ0v) is 9.61. The van der Waals surface area contributed by atoms with Crippen LogP contribution in [0.5, 0.6) is 0 Å². The smallest absolute Gasteiger partial charge is 0.471 e. The second kappa shape index (κ2) is 5.25. The Bertz CT molecular complexity index is 501. The molecule has 8 heteroatoms. The van der Waals surface area contributed by atoms with E-state index in [0.717, 1.165) is 24.3 Å². The Morgan fingerprint density at radius 2 is 1.89 bits per heavy atom. The molecule has 0 aliphatic heterocycles. The summed E-state index contributed by atoms with van der Waals surface area (Å²) in [5, 5.41) is 8.92. The molecule has 0 bridgehead atoms. The van der Waals surface area contributed by atoms with Crippen LogP contribution in [0.25, 0.3) is 0 Å². The number of halogens is 4. The van der Waals surface area contributed by atoms with E-state index in [2.05, 4.69) is 0 Å². The fourth-order valence-corrected chi connectivity index (χ4v) is 1.53. The highest BCUT2D eigenvalue weighted by molar-refractivity contribution is 5.87. The summed E-state index contributed by atoms with van der Waals surface area (Å²) in [6.07, 6.45) is -5.20. The second-order valence-electron chi connectivity index (χ2n) is 3.71. The lowest BCUT2D eigenvalue weighted by Crippen LogP contribution is -2.43. The number of aliphatic carboxylic acids is 1. The third-order valence-electron chi connectivity index (χ3n) is 2.35. The maximum atomic E-state index is 13.0. The van der Waals surface area contributed by atoms with Crippen molar-refractivity contribution in [2.45, 2.75) is 12.2 Å². The summed E-state index contributed by atoms with van der Waals surface area (Å²) in [7, 11) is 0.694. The van der Waals surface area contributed by atoms with Gasteiger partial charge in [-0.15, -0.1) is 0 Å². The van der Waals surface area contributed by atoms with Gasteiger partial charge in [0.25, 0.3) is 0 Å². The van der Waals surface area contributed by atoms with Gasteiger partial charge in [0.1, 0.15) is 5.82 Å². The van der Waals surface area contributed by atoms with Crippen LogP contribution in [0.2, 0.25) is 0 Å². The van der Waals surface area contributed by atoms with Crippen LogP contribution >= 0.6 is 0 Å². The number of alkyl halides is 3. The Balaban J connectivity index is 3.16. The van der Waals surface area contributed by atoms with Gasteiger partial charge >= 0.3 is 18.1 Å². The van der Waals surface area contributed by atoms with Gasteiger partial charge in [-0.05, 0) is 17.7 Å². The van der Waals surface area contributed by atoms with E-state index < -0.39 is 29.9 Å². The van der Waals surface area contributed by atoms with Crippen molar-refractivity contribution in [2.24, 2.45) is 0 Å². The van der Waals surface area contributed by atoms with Gasteiger partial charge in [0.15, 0.2) is 6.04 Å². The Morgan fingerprint density at radius 1 is 1.32 bits per heavy atom. The van der Waals surface area contributed by atoms with E-state index >= 15 is 0 Å². The molecule has 0 spiro atoms. The SMILES string of the molecule is CN(C(=O)C(F)(F)F)C(C(=O)O)c1cccc(F)c1. The molecule has 0 radical (unpaired) electrons. The molecule has 0 aromatic heterocycles. The van der Waals surface area contributed by atoms with Crippen LogP contribution in [-0.4, -0.2) is 35.1 Å². The minimum Gasteiger partial charge on any atom is -0.479 e. The molecule has 104 valence electrons. The summed E-state index contributed by atoms with van der Waals surface area (Å²) < 4.78 is 49.8. The highest BCUT2D eigenvalue weighted by atomic mass is 19.4. The number of carbonyl (C=O) groups excluding carboxylic acids is 1. The van der Waals surface area contributed by atoms with E-state index in [-0.39, 0.29) is 10.5 Å². The molecule has 0 aliphatic carbocycles. The molecule has 4 nitrogen and oxygen atoms in total. The Hall–Kier alpha value is -2.12. The van der Waals surface area contributed by atoms with E-state index in [1.54, 1.807) is 0 Å². The summed E-state index contributed by atoms with van der Waals surface area (Å²) in [5.41, 5.74) is -0.257. The molecule has 19 heavy (non-hydrogen) atoms. The Morgan fingerprint density at radius 3 is 2.32 bits per heavy atom. The predicted octanol–water partition coefficient (Wildman–Crippen LogP) is 1.97. The van der Waals surface area contributed by atoms with E-state index in [1.807, 2.05) is 0 Å². The molecule has 1 atom stereocenters. The van der Waals surface area contributed by atoms with Crippen molar-refractivity contribution in [3.63, 3.8) is 0 Å². The first kappa shape index (κ1) is 14.9. The molecule has 1 aromatic rings. The number of hydrogen-bond donors (Lipinski definition) is 1. The van der Waals surface area contributed by atoms with Crippen molar-refractivity contribution in [1.29, 1.82) is 0 Å². The van der Waals surface area contributed by atoms with Crippen molar-refractivity contribution in [3.05, 3.63) is 35.6 Å². The maximum Gasteiger partial charge on any atom is 0.471 e. The largest absolute Gasteiger partial charge is 0.479 e. The maximum absolute atomic E-state index is 13.0. The molecule has 1 amide bonds. The van der Waals surface area contributed by atoms with Gasteiger partial charge in [-0.25, -0.2) is 9.18 Å². The molecule has 1 aromatic carbocycles. The summed E-state index contributed by atoms with van der Waals surface area (Å²) in [6.45, 7) is 0. The molecule has 0 fully saturated rings. The van der Waals surface area contributed by atoms with Crippen molar-refractivity contribution in [1.82, 2.24) is 4.90 Å². The number of rotatable bonds is 3. The van der Waals surface area contributed by atoms with Crippen LogP contribution < -0.4 is 0 Å². The van der Waals surface area contributed by atoms with Crippen LogP contribution in [-0.2, 0) is 9.59 Å². The van der Waals surface area contributed by atoms with Crippen LogP contribution in [0.4, 0.5) is 17.6 Å². The lowest BCUT2D eigenvalue weighted by molar-refractivity contribution is -0.188. The number of carbonyl (C=O) groups is 2. The first-order valence-electron chi connectivity index (χ1n) is 4.97. The van der Waals surface area contributed by atoms with Crippen LogP contribution in [0.15, 0.2) is 24.3 Å². The van der Waals surface area contributed by atoms with Gasteiger partial charge in [-0.3, -0.25) is 4.79 Å². The first-order chi connectivity index (χ1) is 8.64. The van der Waals surface area contributed by atoms with E-state index in [0.29, 0.717) is 7.05 Å². The minimum atomic E-state index is -5.20. The molecular formula is C11H9F4NO3. The van der Waals surface area contributed by atoms with E-state index in [1.165, 1.54) is 0 Å². The Labute approximate surface area is 105 Å². The van der Waals surface area contributed by atoms with E-state index in [4.69, 9.17) is 5.11 Å². The standard InChI is InChI=1S/C11H9F4NO3/c1-16(10(19)11(13,14)15)8(9(17)18)6-3-2-4-7(12)5-6/h2-5,8H,1H3,(H,17,18). The fraction of sp³-hybridized carbons (Fsp3) is 0.273. The molecular weight excluding hydrogens is 270 g/mol. The van der Waals surface area contributed by atoms with Gasteiger partial charge in [0.05, 0.1) is 0 Å². The lowest BCUT2D eigenvalue weighted by atomic mass is 10.1.